The fourth-order valence-electron chi connectivity index (χ4n) is 3.94. The predicted octanol–water partition coefficient (Wildman–Crippen LogP) is 5.75. The molecule has 1 aliphatic rings. The van der Waals surface area contributed by atoms with Crippen molar-refractivity contribution in [1.82, 2.24) is 14.8 Å². The molecule has 2 heterocycles. The second-order valence-electron chi connectivity index (χ2n) is 8.67. The first-order chi connectivity index (χ1) is 16.5. The van der Waals surface area contributed by atoms with Gasteiger partial charge in [0, 0.05) is 50.2 Å². The molecule has 4 rings (SSSR count). The molecule has 184 valence electrons. The summed E-state index contributed by atoms with van der Waals surface area (Å²) in [5.74, 6) is 0.709. The number of oxazole rings is 1. The van der Waals surface area contributed by atoms with Crippen LogP contribution in [0.25, 0.3) is 11.1 Å². The van der Waals surface area contributed by atoms with Crippen molar-refractivity contribution in [1.29, 1.82) is 0 Å². The number of halogens is 1. The molecule has 0 atom stereocenters. The summed E-state index contributed by atoms with van der Waals surface area (Å²) in [6.45, 7) is 12.2. The van der Waals surface area contributed by atoms with Gasteiger partial charge in [-0.2, -0.15) is 0 Å². The Morgan fingerprint density at radius 2 is 1.85 bits per heavy atom. The number of aromatic nitrogens is 1. The summed E-state index contributed by atoms with van der Waals surface area (Å²) in [5, 5.41) is 0.810. The standard InChI is InChI=1S/C20H29N3O3.C7H7Cl/c1-3-4-9-23(10-5-8-22-11-13-25-14-12-22)20(24)17-6-7-19-18(15-17)21-16(2)26-19;1-6-3-2-4-7(8)5-6/h6-7,15H,3-5,8-14H2,1-2H3;2-5H,1H3. The average molecular weight is 486 g/mol. The summed E-state index contributed by atoms with van der Waals surface area (Å²) in [7, 11) is 0. The van der Waals surface area contributed by atoms with Crippen LogP contribution in [0.3, 0.4) is 0 Å². The average Bonchev–Trinajstić information content (AvgIpc) is 3.21. The van der Waals surface area contributed by atoms with Gasteiger partial charge in [-0.15, -0.1) is 0 Å². The molecule has 6 nitrogen and oxygen atoms in total. The van der Waals surface area contributed by atoms with E-state index < -0.39 is 0 Å². The monoisotopic (exact) mass is 485 g/mol. The highest BCUT2D eigenvalue weighted by Crippen LogP contribution is 2.18. The van der Waals surface area contributed by atoms with Crippen LogP contribution in [-0.4, -0.2) is 66.6 Å². The Balaban J connectivity index is 0.000000343. The molecule has 2 aromatic carbocycles. The van der Waals surface area contributed by atoms with Crippen LogP contribution < -0.4 is 0 Å². The van der Waals surface area contributed by atoms with Crippen molar-refractivity contribution in [3.05, 3.63) is 64.5 Å². The number of rotatable bonds is 8. The molecule has 0 bridgehead atoms. The van der Waals surface area contributed by atoms with Gasteiger partial charge in [0.2, 0.25) is 0 Å². The Bertz CT molecular complexity index is 1030. The second-order valence-corrected chi connectivity index (χ2v) is 9.10. The largest absolute Gasteiger partial charge is 0.441 e. The number of carbonyl (C=O) groups is 1. The minimum Gasteiger partial charge on any atom is -0.441 e. The molecule has 0 radical (unpaired) electrons. The third kappa shape index (κ3) is 8.12. The van der Waals surface area contributed by atoms with Crippen LogP contribution in [0.15, 0.2) is 46.9 Å². The quantitative estimate of drug-likeness (QED) is 0.406. The molecule has 1 amide bonds. The Hall–Kier alpha value is -2.41. The maximum atomic E-state index is 13.0. The molecule has 0 saturated carbocycles. The van der Waals surface area contributed by atoms with Gasteiger partial charge in [-0.25, -0.2) is 4.98 Å². The number of nitrogens with zero attached hydrogens (tertiary/aromatic N) is 3. The first kappa shape index (κ1) is 26.2. The highest BCUT2D eigenvalue weighted by Gasteiger charge is 2.18. The number of amides is 1. The van der Waals surface area contributed by atoms with Crippen molar-refractivity contribution in [2.24, 2.45) is 0 Å². The molecule has 3 aromatic rings. The van der Waals surface area contributed by atoms with E-state index >= 15 is 0 Å². The third-order valence-electron chi connectivity index (χ3n) is 5.80. The molecule has 1 aliphatic heterocycles. The summed E-state index contributed by atoms with van der Waals surface area (Å²) in [4.78, 5) is 21.8. The third-order valence-corrected chi connectivity index (χ3v) is 6.03. The van der Waals surface area contributed by atoms with Crippen molar-refractivity contribution in [2.45, 2.75) is 40.0 Å². The highest BCUT2D eigenvalue weighted by atomic mass is 35.5. The lowest BCUT2D eigenvalue weighted by atomic mass is 10.1. The molecule has 0 aliphatic carbocycles. The van der Waals surface area contributed by atoms with Crippen LogP contribution in [0.1, 0.15) is 48.0 Å². The van der Waals surface area contributed by atoms with E-state index in [0.717, 1.165) is 81.3 Å². The van der Waals surface area contributed by atoms with E-state index in [9.17, 15) is 4.79 Å². The van der Waals surface area contributed by atoms with Crippen LogP contribution >= 0.6 is 11.6 Å². The Morgan fingerprint density at radius 3 is 2.53 bits per heavy atom. The SMILES string of the molecule is CCCCN(CCCN1CCOCC1)C(=O)c1ccc2oc(C)nc2c1.Cc1cccc(Cl)c1. The predicted molar refractivity (Wildman–Crippen MR) is 138 cm³/mol. The number of aryl methyl sites for hydroxylation is 2. The Labute approximate surface area is 207 Å². The number of fused-ring (bicyclic) bond motifs is 1. The molecular formula is C27H36ClN3O3. The van der Waals surface area contributed by atoms with E-state index in [1.54, 1.807) is 0 Å². The van der Waals surface area contributed by atoms with Gasteiger partial charge in [-0.05, 0) is 55.7 Å². The van der Waals surface area contributed by atoms with Gasteiger partial charge in [-0.3, -0.25) is 9.69 Å². The summed E-state index contributed by atoms with van der Waals surface area (Å²) in [6, 6.07) is 13.3. The topological polar surface area (TPSA) is 58.8 Å². The van der Waals surface area contributed by atoms with Crippen LogP contribution in [0.4, 0.5) is 0 Å². The lowest BCUT2D eigenvalue weighted by molar-refractivity contribution is 0.0357. The number of morpholine rings is 1. The van der Waals surface area contributed by atoms with Gasteiger partial charge in [0.1, 0.15) is 5.52 Å². The van der Waals surface area contributed by atoms with Crippen LogP contribution in [-0.2, 0) is 4.74 Å². The van der Waals surface area contributed by atoms with Gasteiger partial charge in [-0.1, -0.05) is 37.1 Å². The maximum Gasteiger partial charge on any atom is 0.253 e. The van der Waals surface area contributed by atoms with Gasteiger partial charge in [0.25, 0.3) is 5.91 Å². The van der Waals surface area contributed by atoms with E-state index in [-0.39, 0.29) is 5.91 Å². The number of hydrogen-bond donors (Lipinski definition) is 0. The first-order valence-corrected chi connectivity index (χ1v) is 12.5. The molecule has 0 spiro atoms. The minimum absolute atomic E-state index is 0.0861. The lowest BCUT2D eigenvalue weighted by Crippen LogP contribution is -2.39. The number of carbonyl (C=O) groups excluding carboxylic acids is 1. The van der Waals surface area contributed by atoms with Crippen molar-refractivity contribution in [3.63, 3.8) is 0 Å². The highest BCUT2D eigenvalue weighted by molar-refractivity contribution is 6.30. The molecule has 0 unspecified atom stereocenters. The van der Waals surface area contributed by atoms with E-state index in [1.807, 2.05) is 61.2 Å². The van der Waals surface area contributed by atoms with Crippen molar-refractivity contribution in [2.75, 3.05) is 45.9 Å². The summed E-state index contributed by atoms with van der Waals surface area (Å²) < 4.78 is 10.9. The number of benzene rings is 2. The summed E-state index contributed by atoms with van der Waals surface area (Å²) in [6.07, 6.45) is 3.09. The van der Waals surface area contributed by atoms with E-state index in [4.69, 9.17) is 20.8 Å². The normalized spacial score (nSPS) is 14.0. The van der Waals surface area contributed by atoms with Gasteiger partial charge < -0.3 is 14.1 Å². The van der Waals surface area contributed by atoms with Crippen LogP contribution in [0.5, 0.6) is 0 Å². The molecule has 0 N–H and O–H groups in total. The Kier molecular flexibility index (Phi) is 10.4. The van der Waals surface area contributed by atoms with Gasteiger partial charge >= 0.3 is 0 Å². The zero-order chi connectivity index (χ0) is 24.3. The zero-order valence-corrected chi connectivity index (χ0v) is 21.3. The number of unbranched alkanes of at least 4 members (excludes halogenated alkanes) is 1. The summed E-state index contributed by atoms with van der Waals surface area (Å²) >= 11 is 5.64. The molecular weight excluding hydrogens is 450 g/mol. The smallest absolute Gasteiger partial charge is 0.253 e. The lowest BCUT2D eigenvalue weighted by Gasteiger charge is -2.28. The summed E-state index contributed by atoms with van der Waals surface area (Å²) in [5.41, 5.74) is 3.37. The van der Waals surface area contributed by atoms with Crippen molar-refractivity contribution in [3.8, 4) is 0 Å². The molecule has 1 saturated heterocycles. The second kappa shape index (κ2) is 13.5. The van der Waals surface area contributed by atoms with Gasteiger partial charge in [0.15, 0.2) is 11.5 Å². The number of hydrogen-bond acceptors (Lipinski definition) is 5. The van der Waals surface area contributed by atoms with Gasteiger partial charge in [0.05, 0.1) is 13.2 Å². The molecule has 1 fully saturated rings. The minimum atomic E-state index is 0.0861. The zero-order valence-electron chi connectivity index (χ0n) is 20.6. The van der Waals surface area contributed by atoms with E-state index in [1.165, 1.54) is 5.56 Å². The van der Waals surface area contributed by atoms with E-state index in [2.05, 4.69) is 16.8 Å². The van der Waals surface area contributed by atoms with Crippen LogP contribution in [0.2, 0.25) is 5.02 Å². The first-order valence-electron chi connectivity index (χ1n) is 12.1. The fraction of sp³-hybridized carbons (Fsp3) is 0.481. The number of ether oxygens (including phenoxy) is 1. The fourth-order valence-corrected chi connectivity index (χ4v) is 4.18. The molecule has 34 heavy (non-hydrogen) atoms. The van der Waals surface area contributed by atoms with Crippen LogP contribution in [0, 0.1) is 13.8 Å². The van der Waals surface area contributed by atoms with E-state index in [0.29, 0.717) is 11.5 Å². The Morgan fingerprint density at radius 1 is 1.09 bits per heavy atom. The molecule has 7 heteroatoms. The van der Waals surface area contributed by atoms with Crippen molar-refractivity contribution < 1.29 is 13.9 Å². The maximum absolute atomic E-state index is 13.0. The van der Waals surface area contributed by atoms with Crippen molar-refractivity contribution >= 4 is 28.6 Å². The molecule has 1 aromatic heterocycles.